The van der Waals surface area contributed by atoms with E-state index in [4.69, 9.17) is 34.3 Å². The maximum absolute atomic E-state index is 11.9. The number of nitrogens with one attached hydrogen (secondary N) is 3. The largest absolute Gasteiger partial charge is 0.394 e. The molecule has 2 aliphatic heterocycles. The number of amides is 3. The lowest BCUT2D eigenvalue weighted by molar-refractivity contribution is -0.326. The second-order valence-corrected chi connectivity index (χ2v) is 17.1. The van der Waals surface area contributed by atoms with Gasteiger partial charge in [-0.25, -0.2) is 0 Å². The van der Waals surface area contributed by atoms with Gasteiger partial charge in [-0.05, 0) is 19.3 Å². The summed E-state index contributed by atoms with van der Waals surface area (Å²) >= 11 is 0. The third kappa shape index (κ3) is 22.9. The van der Waals surface area contributed by atoms with Crippen LogP contribution in [0.2, 0.25) is 0 Å². The van der Waals surface area contributed by atoms with E-state index in [0.717, 1.165) is 25.7 Å². The highest BCUT2D eigenvalue weighted by Gasteiger charge is 2.48. The van der Waals surface area contributed by atoms with Crippen molar-refractivity contribution in [3.63, 3.8) is 0 Å². The zero-order valence-corrected chi connectivity index (χ0v) is 40.9. The Morgan fingerprint density at radius 1 is 0.452 bits per heavy atom. The van der Waals surface area contributed by atoms with Crippen molar-refractivity contribution in [1.29, 1.82) is 0 Å². The first-order valence-electron chi connectivity index (χ1n) is 23.7. The Balaban J connectivity index is 0.00000110. The zero-order chi connectivity index (χ0) is 56.3. The summed E-state index contributed by atoms with van der Waals surface area (Å²) in [6.45, 7) is 2.77. The maximum atomic E-state index is 11.9. The normalized spacial score (nSPS) is 29.1. The van der Waals surface area contributed by atoms with Gasteiger partial charge in [-0.1, -0.05) is 40.0 Å². The molecule has 2 aliphatic rings. The first-order chi connectivity index (χ1) is 34.3. The molecule has 22 unspecified atom stereocenters. The number of carbonyl (C=O) groups excluding carboxylic acids is 3. The average Bonchev–Trinajstić information content (AvgIpc) is 3.39. The van der Waals surface area contributed by atoms with E-state index < -0.39 is 185 Å². The maximum Gasteiger partial charge on any atom is 0.251 e. The predicted octanol–water partition coefficient (Wildman–Crippen LogP) is -12.3. The number of carbonyl (C=O) groups is 3. The molecule has 2 saturated heterocycles. The molecular formula is C42H83N3O28. The van der Waals surface area contributed by atoms with Gasteiger partial charge in [0.1, 0.15) is 104 Å². The first-order valence-corrected chi connectivity index (χ1v) is 23.7. The van der Waals surface area contributed by atoms with E-state index in [1.54, 1.807) is 0 Å². The Bertz CT molecular complexity index is 1480. The van der Waals surface area contributed by atoms with Crippen molar-refractivity contribution in [3.05, 3.63) is 0 Å². The van der Waals surface area contributed by atoms with E-state index >= 15 is 0 Å². The third-order valence-electron chi connectivity index (χ3n) is 11.3. The lowest BCUT2D eigenvalue weighted by Crippen LogP contribution is -2.62. The van der Waals surface area contributed by atoms with Crippen molar-refractivity contribution in [2.45, 2.75) is 194 Å². The number of hydrogen-bond acceptors (Lipinski definition) is 28. The van der Waals surface area contributed by atoms with Crippen molar-refractivity contribution in [1.82, 2.24) is 16.0 Å². The van der Waals surface area contributed by atoms with Crippen LogP contribution in [-0.4, -0.2) is 312 Å². The van der Waals surface area contributed by atoms with Gasteiger partial charge in [0, 0.05) is 19.6 Å². The number of ether oxygens (including phenoxy) is 4. The van der Waals surface area contributed by atoms with Gasteiger partial charge in [-0.2, -0.15) is 0 Å². The summed E-state index contributed by atoms with van der Waals surface area (Å²) in [5.41, 5.74) is 0. The van der Waals surface area contributed by atoms with E-state index in [9.17, 15) is 106 Å². The van der Waals surface area contributed by atoms with Crippen LogP contribution in [0.3, 0.4) is 0 Å². The molecule has 0 aromatic rings. The predicted molar refractivity (Wildman–Crippen MR) is 242 cm³/mol. The third-order valence-corrected chi connectivity index (χ3v) is 11.3. The summed E-state index contributed by atoms with van der Waals surface area (Å²) in [5.74, 6) is -2.68. The molecule has 2 heterocycles. The number of aliphatic hydroxyl groups excluding tert-OH is 21. The molecule has 0 aromatic heterocycles. The number of rotatable bonds is 30. The monoisotopic (exact) mass is 1080 g/mol. The molecule has 73 heavy (non-hydrogen) atoms. The molecule has 31 nitrogen and oxygen atoms in total. The summed E-state index contributed by atoms with van der Waals surface area (Å²) in [6, 6.07) is 0. The number of aliphatic hydroxyl groups is 21. The molecular weight excluding hydrogens is 994 g/mol. The smallest absolute Gasteiger partial charge is 0.251 e. The molecule has 24 N–H and O–H groups in total. The topological polar surface area (TPSA) is 549 Å². The van der Waals surface area contributed by atoms with Crippen LogP contribution in [0.4, 0.5) is 0 Å². The van der Waals surface area contributed by atoms with Crippen LogP contribution in [0.5, 0.6) is 0 Å². The molecule has 22 atom stereocenters. The molecule has 0 bridgehead atoms. The lowest BCUT2D eigenvalue weighted by atomic mass is 9.98. The molecule has 2 rings (SSSR count). The van der Waals surface area contributed by atoms with E-state index in [2.05, 4.69) is 16.0 Å². The van der Waals surface area contributed by atoms with Crippen LogP contribution < -0.4 is 16.0 Å². The standard InChI is InChI=1S/2C16H31NO11.C10H21NO6/c1-2-3-4-17-15(26)13(24)11(22)9(20)7(19)6-27-16-14(25)12(23)10(21)8(5-18)28-16;1-2-3-4-17-15(26)12(24)11(23)14(7(20)5-18)28-16-13(25)10(22)9(21)8(6-19)27-16;1-2-3-4-11-10(17)9(16)8(15)7(14)6(13)5-12/h2*7-14,16,18-25H,2-6H2,1H3,(H,17,26);6-9,12-16H,2-5H2,1H3,(H,11,17). The van der Waals surface area contributed by atoms with E-state index in [0.29, 0.717) is 19.4 Å². The number of unbranched alkanes of at least 4 members (excludes halogenated alkanes) is 3. The van der Waals surface area contributed by atoms with Gasteiger partial charge in [-0.3, -0.25) is 14.4 Å². The minimum Gasteiger partial charge on any atom is -0.394 e. The van der Waals surface area contributed by atoms with E-state index in [1.165, 1.54) is 0 Å². The van der Waals surface area contributed by atoms with E-state index in [-0.39, 0.29) is 13.1 Å². The molecule has 2 fully saturated rings. The van der Waals surface area contributed by atoms with Crippen molar-refractivity contribution in [2.24, 2.45) is 0 Å². The molecule has 31 heteroatoms. The lowest BCUT2D eigenvalue weighted by Gasteiger charge is -2.42. The minimum atomic E-state index is -2.03. The van der Waals surface area contributed by atoms with Crippen LogP contribution in [0.15, 0.2) is 0 Å². The van der Waals surface area contributed by atoms with Crippen LogP contribution in [0.1, 0.15) is 59.3 Å². The second-order valence-electron chi connectivity index (χ2n) is 17.1. The molecule has 0 aliphatic carbocycles. The van der Waals surface area contributed by atoms with Gasteiger partial charge in [0.05, 0.1) is 33.0 Å². The Labute approximate surface area is 420 Å². The summed E-state index contributed by atoms with van der Waals surface area (Å²) in [5, 5.41) is 209. The Kier molecular flexibility index (Phi) is 35.9. The van der Waals surface area contributed by atoms with Crippen LogP contribution >= 0.6 is 0 Å². The number of hydrogen-bond donors (Lipinski definition) is 24. The fourth-order valence-electron chi connectivity index (χ4n) is 6.39. The van der Waals surface area contributed by atoms with Gasteiger partial charge in [0.25, 0.3) is 17.7 Å². The summed E-state index contributed by atoms with van der Waals surface area (Å²) < 4.78 is 20.4. The van der Waals surface area contributed by atoms with Gasteiger partial charge < -0.3 is 142 Å². The highest BCUT2D eigenvalue weighted by Crippen LogP contribution is 2.26. The molecule has 0 spiro atoms. The van der Waals surface area contributed by atoms with Crippen molar-refractivity contribution >= 4 is 17.7 Å². The molecule has 0 aromatic carbocycles. The first kappa shape index (κ1) is 70.4. The SMILES string of the molecule is CCCCNC(=O)C(O)C(O)C(O)C(O)CO.CCCCNC(=O)C(O)C(O)C(O)C(O)COC1OC(CO)C(O)C(O)C1O.CCCCNC(=O)C(O)C(O)C(OC1OC(CO)C(O)C(O)C1O)C(O)CO. The Morgan fingerprint density at radius 2 is 0.795 bits per heavy atom. The second kappa shape index (κ2) is 37.2. The van der Waals surface area contributed by atoms with Crippen LogP contribution in [0.25, 0.3) is 0 Å². The van der Waals surface area contributed by atoms with Crippen molar-refractivity contribution < 1.29 is 141 Å². The molecule has 434 valence electrons. The zero-order valence-electron chi connectivity index (χ0n) is 40.9. The van der Waals surface area contributed by atoms with Crippen molar-refractivity contribution in [3.8, 4) is 0 Å². The Morgan fingerprint density at radius 3 is 1.15 bits per heavy atom. The molecule has 0 radical (unpaired) electrons. The molecule has 0 saturated carbocycles. The van der Waals surface area contributed by atoms with E-state index in [1.807, 2.05) is 20.8 Å². The summed E-state index contributed by atoms with van der Waals surface area (Å²) in [6.07, 6.45) is -34.1. The fourth-order valence-corrected chi connectivity index (χ4v) is 6.39. The Hall–Kier alpha value is -2.59. The van der Waals surface area contributed by atoms with Crippen molar-refractivity contribution in [2.75, 3.05) is 52.7 Å². The highest BCUT2D eigenvalue weighted by molar-refractivity contribution is 5.82. The highest BCUT2D eigenvalue weighted by atomic mass is 16.7. The minimum absolute atomic E-state index is 0.250. The molecule has 3 amide bonds. The quantitative estimate of drug-likeness (QED) is 0.0297. The van der Waals surface area contributed by atoms with Gasteiger partial charge in [-0.15, -0.1) is 0 Å². The summed E-state index contributed by atoms with van der Waals surface area (Å²) in [4.78, 5) is 34.9. The average molecular weight is 1080 g/mol. The van der Waals surface area contributed by atoms with Gasteiger partial charge in [0.15, 0.2) is 30.9 Å². The van der Waals surface area contributed by atoms with Gasteiger partial charge >= 0.3 is 0 Å². The van der Waals surface area contributed by atoms with Crippen LogP contribution in [0, 0.1) is 0 Å². The fraction of sp³-hybridized carbons (Fsp3) is 0.929. The van der Waals surface area contributed by atoms with Gasteiger partial charge in [0.2, 0.25) is 0 Å². The summed E-state index contributed by atoms with van der Waals surface area (Å²) in [7, 11) is 0. The van der Waals surface area contributed by atoms with Crippen LogP contribution in [-0.2, 0) is 33.3 Å².